The molecule has 0 radical (unpaired) electrons. The fourth-order valence-electron chi connectivity index (χ4n) is 8.02. The summed E-state index contributed by atoms with van der Waals surface area (Å²) in [5.41, 5.74) is 9.44. The first-order valence-corrected chi connectivity index (χ1v) is 20.6. The molecule has 8 rings (SSSR count). The first-order valence-electron chi connectivity index (χ1n) is 20.6. The lowest BCUT2D eigenvalue weighted by Crippen LogP contribution is -2.54. The van der Waals surface area contributed by atoms with E-state index in [1.165, 1.54) is 6.33 Å². The normalized spacial score (nSPS) is 17.8. The molecule has 2 aromatic heterocycles. The number of nitrogens with zero attached hydrogens (tertiary/aromatic N) is 6. The summed E-state index contributed by atoms with van der Waals surface area (Å²) in [5, 5.41) is 11.1. The summed E-state index contributed by atoms with van der Waals surface area (Å²) in [6.07, 6.45) is 5.12. The molecule has 2 atom stereocenters. The van der Waals surface area contributed by atoms with Gasteiger partial charge in [0.2, 0.25) is 17.7 Å². The first-order chi connectivity index (χ1) is 29.8. The number of benzene rings is 3. The molecule has 316 valence electrons. The second-order valence-electron chi connectivity index (χ2n) is 15.1. The zero-order valence-electron chi connectivity index (χ0n) is 33.6. The Hall–Kier alpha value is -6.72. The van der Waals surface area contributed by atoms with Gasteiger partial charge in [-0.2, -0.15) is 5.10 Å². The van der Waals surface area contributed by atoms with Crippen LogP contribution in [0.4, 0.5) is 11.5 Å². The lowest BCUT2D eigenvalue weighted by molar-refractivity contribution is -0.136. The summed E-state index contributed by atoms with van der Waals surface area (Å²) in [7, 11) is 0. The Balaban J connectivity index is 0.747. The van der Waals surface area contributed by atoms with E-state index in [1.807, 2.05) is 64.2 Å². The molecule has 3 aromatic carbocycles. The van der Waals surface area contributed by atoms with Crippen molar-refractivity contribution in [3.8, 4) is 22.8 Å². The Kier molecular flexibility index (Phi) is 12.6. The fourth-order valence-corrected chi connectivity index (χ4v) is 8.02. The van der Waals surface area contributed by atoms with E-state index in [-0.39, 0.29) is 35.9 Å². The minimum absolute atomic E-state index is 0.0570. The van der Waals surface area contributed by atoms with E-state index in [4.69, 9.17) is 25.0 Å². The number of nitrogen functional groups attached to an aromatic ring is 1. The summed E-state index contributed by atoms with van der Waals surface area (Å²) in [4.78, 5) is 75.3. The van der Waals surface area contributed by atoms with Crippen LogP contribution in [0.2, 0.25) is 0 Å². The lowest BCUT2D eigenvalue weighted by atomic mass is 10.0. The highest BCUT2D eigenvalue weighted by Crippen LogP contribution is 2.36. The molecule has 0 spiro atoms. The lowest BCUT2D eigenvalue weighted by Gasteiger charge is -2.33. The third-order valence-corrected chi connectivity index (χ3v) is 11.1. The van der Waals surface area contributed by atoms with Crippen LogP contribution >= 0.6 is 0 Å². The van der Waals surface area contributed by atoms with Crippen LogP contribution in [0.25, 0.3) is 22.3 Å². The molecule has 5 amide bonds. The molecular weight excluding hydrogens is 783 g/mol. The standard InChI is InChI=1S/C44H47N9O8/c45-40-38-39(28-14-16-31(17-15-28)61-30-9-2-1-3-10-30)50-53(41(38)48-27-47-40)29-8-7-21-51(26-29)36(55)13-4-5-22-59-24-25-60-23-20-46-33-12-6-11-32-37(33)44(58)52(43(32)57)34-18-19-35(54)49-42(34)56/h1-3,6,9-12,14-17,27,29,34,46H,4-5,7-8,13,18-26H2,(H2,45,47,48)(H,49,54,56). The van der Waals surface area contributed by atoms with Crippen molar-refractivity contribution in [1.82, 2.24) is 34.9 Å². The quantitative estimate of drug-likeness (QED) is 0.0854. The van der Waals surface area contributed by atoms with Crippen molar-refractivity contribution < 1.29 is 38.2 Å². The highest BCUT2D eigenvalue weighted by atomic mass is 16.5. The zero-order chi connectivity index (χ0) is 42.3. The van der Waals surface area contributed by atoms with Crippen molar-refractivity contribution in [1.29, 1.82) is 0 Å². The van der Waals surface area contributed by atoms with Crippen molar-refractivity contribution in [3.05, 3.63) is 90.3 Å². The number of rotatable bonds is 17. The number of ether oxygens (including phenoxy) is 3. The molecule has 61 heavy (non-hydrogen) atoms. The predicted octanol–water partition coefficient (Wildman–Crippen LogP) is 4.75. The summed E-state index contributed by atoms with van der Waals surface area (Å²) in [6, 6.07) is 21.1. The molecular formula is C44H47N9O8. The van der Waals surface area contributed by atoms with Gasteiger partial charge >= 0.3 is 0 Å². The number of nitrogens with one attached hydrogen (secondary N) is 2. The summed E-state index contributed by atoms with van der Waals surface area (Å²) in [6.45, 7) is 3.14. The monoisotopic (exact) mass is 829 g/mol. The predicted molar refractivity (Wildman–Crippen MR) is 224 cm³/mol. The van der Waals surface area contributed by atoms with Crippen LogP contribution in [-0.4, -0.2) is 111 Å². The van der Waals surface area contributed by atoms with E-state index in [9.17, 15) is 24.0 Å². The van der Waals surface area contributed by atoms with Gasteiger partial charge in [0.25, 0.3) is 11.8 Å². The van der Waals surface area contributed by atoms with Gasteiger partial charge in [-0.15, -0.1) is 0 Å². The maximum Gasteiger partial charge on any atom is 0.264 e. The van der Waals surface area contributed by atoms with E-state index >= 15 is 0 Å². The van der Waals surface area contributed by atoms with Gasteiger partial charge in [0, 0.05) is 50.3 Å². The average Bonchev–Trinajstić information content (AvgIpc) is 3.79. The molecule has 0 bridgehead atoms. The minimum atomic E-state index is -1.02. The van der Waals surface area contributed by atoms with Crippen LogP contribution in [0.1, 0.15) is 71.7 Å². The van der Waals surface area contributed by atoms with Crippen molar-refractivity contribution in [2.75, 3.05) is 57.1 Å². The highest BCUT2D eigenvalue weighted by Gasteiger charge is 2.45. The molecule has 0 aliphatic carbocycles. The van der Waals surface area contributed by atoms with Gasteiger partial charge in [0.1, 0.15) is 35.4 Å². The largest absolute Gasteiger partial charge is 0.457 e. The van der Waals surface area contributed by atoms with Crippen LogP contribution in [-0.2, 0) is 23.9 Å². The number of hydrogen-bond acceptors (Lipinski definition) is 13. The Bertz CT molecular complexity index is 2420. The first kappa shape index (κ1) is 41.0. The minimum Gasteiger partial charge on any atom is -0.457 e. The highest BCUT2D eigenvalue weighted by molar-refractivity contribution is 6.25. The number of unbranched alkanes of at least 4 members (excludes halogenated alkanes) is 1. The van der Waals surface area contributed by atoms with Crippen molar-refractivity contribution in [2.45, 2.75) is 57.0 Å². The van der Waals surface area contributed by atoms with Gasteiger partial charge in [0.15, 0.2) is 5.65 Å². The van der Waals surface area contributed by atoms with Gasteiger partial charge in [-0.1, -0.05) is 24.3 Å². The number of aromatic nitrogens is 4. The van der Waals surface area contributed by atoms with E-state index in [1.54, 1.807) is 18.2 Å². The van der Waals surface area contributed by atoms with E-state index in [2.05, 4.69) is 20.6 Å². The Morgan fingerprint density at radius 1 is 0.852 bits per heavy atom. The van der Waals surface area contributed by atoms with Gasteiger partial charge in [-0.25, -0.2) is 14.6 Å². The summed E-state index contributed by atoms with van der Waals surface area (Å²) < 4.78 is 19.3. The van der Waals surface area contributed by atoms with Crippen LogP contribution < -0.4 is 21.1 Å². The van der Waals surface area contributed by atoms with Gasteiger partial charge in [-0.05, 0) is 80.6 Å². The molecule has 2 unspecified atom stereocenters. The molecule has 5 heterocycles. The Morgan fingerprint density at radius 2 is 1.64 bits per heavy atom. The number of likely N-dealkylation sites (tertiary alicyclic amines) is 1. The van der Waals surface area contributed by atoms with Crippen LogP contribution in [0, 0.1) is 0 Å². The van der Waals surface area contributed by atoms with E-state index in [0.29, 0.717) is 92.9 Å². The molecule has 0 saturated carbocycles. The number of hydrogen-bond donors (Lipinski definition) is 3. The molecule has 2 saturated heterocycles. The topological polar surface area (TPSA) is 213 Å². The zero-order valence-corrected chi connectivity index (χ0v) is 33.6. The van der Waals surface area contributed by atoms with Crippen LogP contribution in [0.3, 0.4) is 0 Å². The number of anilines is 2. The Labute approximate surface area is 351 Å². The molecule has 2 fully saturated rings. The van der Waals surface area contributed by atoms with Gasteiger partial charge in [-0.3, -0.25) is 34.2 Å². The Morgan fingerprint density at radius 3 is 2.44 bits per heavy atom. The van der Waals surface area contributed by atoms with Gasteiger partial charge < -0.3 is 30.2 Å². The summed E-state index contributed by atoms with van der Waals surface area (Å²) in [5.74, 6) is -0.307. The number of carbonyl (C=O) groups is 5. The molecule has 4 N–H and O–H groups in total. The van der Waals surface area contributed by atoms with Crippen molar-refractivity contribution in [3.63, 3.8) is 0 Å². The average molecular weight is 830 g/mol. The number of fused-ring (bicyclic) bond motifs is 2. The number of para-hydroxylation sites is 1. The molecule has 17 heteroatoms. The van der Waals surface area contributed by atoms with Crippen LogP contribution in [0.5, 0.6) is 11.5 Å². The SMILES string of the molecule is Nc1ncnc2c1c(-c1ccc(Oc3ccccc3)cc1)nn2C1CCCN(C(=O)CCCCOCCOCCNc2cccc3c2C(=O)N(C2CCC(=O)NC2=O)C3=O)C1. The van der Waals surface area contributed by atoms with Gasteiger partial charge in [0.05, 0.1) is 42.4 Å². The number of imide groups is 2. The van der Waals surface area contributed by atoms with Crippen LogP contribution in [0.15, 0.2) is 79.1 Å². The summed E-state index contributed by atoms with van der Waals surface area (Å²) >= 11 is 0. The second kappa shape index (κ2) is 18.7. The number of amides is 5. The molecule has 17 nitrogen and oxygen atoms in total. The molecule has 3 aliphatic heterocycles. The molecule has 5 aromatic rings. The maximum atomic E-state index is 13.3. The third-order valence-electron chi connectivity index (χ3n) is 11.1. The number of nitrogens with two attached hydrogens (primary N) is 1. The fraction of sp³-hybridized carbons (Fsp3) is 0.364. The van der Waals surface area contributed by atoms with Crippen molar-refractivity contribution >= 4 is 52.1 Å². The smallest absolute Gasteiger partial charge is 0.264 e. The third kappa shape index (κ3) is 9.07. The van der Waals surface area contributed by atoms with E-state index < -0.39 is 29.7 Å². The maximum absolute atomic E-state index is 13.3. The number of piperidine rings is 2. The molecule has 3 aliphatic rings. The van der Waals surface area contributed by atoms with E-state index in [0.717, 1.165) is 35.5 Å². The number of carbonyl (C=O) groups excluding carboxylic acids is 5. The van der Waals surface area contributed by atoms with Crippen molar-refractivity contribution in [2.24, 2.45) is 0 Å². The second-order valence-corrected chi connectivity index (χ2v) is 15.1.